The Hall–Kier alpha value is -0.220. The van der Waals surface area contributed by atoms with Crippen LogP contribution < -0.4 is 5.32 Å². The van der Waals surface area contributed by atoms with Crippen molar-refractivity contribution < 1.29 is 8.78 Å². The number of alkyl halides is 2. The van der Waals surface area contributed by atoms with Gasteiger partial charge in [0.05, 0.1) is 6.54 Å². The molecule has 0 spiro atoms. The van der Waals surface area contributed by atoms with Crippen LogP contribution in [0.1, 0.15) is 6.42 Å². The third-order valence-corrected chi connectivity index (χ3v) is 1.83. The average Bonchev–Trinajstić information content (AvgIpc) is 2.14. The maximum absolute atomic E-state index is 11.9. The Bertz CT molecular complexity index is 101. The predicted molar refractivity (Wildman–Crippen MR) is 39.9 cm³/mol. The van der Waals surface area contributed by atoms with Gasteiger partial charge in [-0.25, -0.2) is 8.78 Å². The van der Waals surface area contributed by atoms with E-state index < -0.39 is 6.43 Å². The Morgan fingerprint density at radius 2 is 2.09 bits per heavy atom. The number of nitrogens with one attached hydrogen (secondary N) is 1. The standard InChI is InChI=1S/C7H14F2N2/c8-7(9)6-11-4-1-2-10-3-5-11/h7,10H,1-6H2. The smallest absolute Gasteiger partial charge is 0.251 e. The van der Waals surface area contributed by atoms with Crippen molar-refractivity contribution in [3.8, 4) is 0 Å². The second-order valence-electron chi connectivity index (χ2n) is 2.80. The molecule has 2 nitrogen and oxygen atoms in total. The Balaban J connectivity index is 2.20. The molecule has 0 aromatic rings. The molecule has 1 saturated heterocycles. The summed E-state index contributed by atoms with van der Waals surface area (Å²) in [4.78, 5) is 1.81. The molecular weight excluding hydrogens is 150 g/mol. The second-order valence-corrected chi connectivity index (χ2v) is 2.80. The van der Waals surface area contributed by atoms with Gasteiger partial charge in [-0.15, -0.1) is 0 Å². The van der Waals surface area contributed by atoms with Crippen molar-refractivity contribution in [1.82, 2.24) is 10.2 Å². The maximum Gasteiger partial charge on any atom is 0.251 e. The van der Waals surface area contributed by atoms with Crippen LogP contribution in [0.5, 0.6) is 0 Å². The van der Waals surface area contributed by atoms with E-state index in [0.29, 0.717) is 0 Å². The van der Waals surface area contributed by atoms with Crippen molar-refractivity contribution in [1.29, 1.82) is 0 Å². The van der Waals surface area contributed by atoms with Gasteiger partial charge in [0, 0.05) is 13.1 Å². The highest BCUT2D eigenvalue weighted by molar-refractivity contribution is 4.65. The van der Waals surface area contributed by atoms with Crippen molar-refractivity contribution >= 4 is 0 Å². The lowest BCUT2D eigenvalue weighted by atomic mass is 10.4. The molecule has 1 heterocycles. The van der Waals surface area contributed by atoms with Crippen LogP contribution in [0.3, 0.4) is 0 Å². The number of nitrogens with zero attached hydrogens (tertiary/aromatic N) is 1. The van der Waals surface area contributed by atoms with Gasteiger partial charge in [-0.2, -0.15) is 0 Å². The molecule has 1 aliphatic rings. The first-order valence-corrected chi connectivity index (χ1v) is 4.00. The molecule has 66 valence electrons. The third-order valence-electron chi connectivity index (χ3n) is 1.83. The summed E-state index contributed by atoms with van der Waals surface area (Å²) >= 11 is 0. The Labute approximate surface area is 65.6 Å². The lowest BCUT2D eigenvalue weighted by Gasteiger charge is -2.17. The monoisotopic (exact) mass is 164 g/mol. The Morgan fingerprint density at radius 3 is 2.82 bits per heavy atom. The van der Waals surface area contributed by atoms with Crippen LogP contribution in [0, 0.1) is 0 Å². The molecule has 1 fully saturated rings. The summed E-state index contributed by atoms with van der Waals surface area (Å²) in [7, 11) is 0. The van der Waals surface area contributed by atoms with Gasteiger partial charge in [0.25, 0.3) is 6.43 Å². The molecule has 0 aliphatic carbocycles. The van der Waals surface area contributed by atoms with Crippen molar-refractivity contribution in [2.75, 3.05) is 32.7 Å². The first-order chi connectivity index (χ1) is 5.29. The fourth-order valence-electron chi connectivity index (χ4n) is 1.28. The first-order valence-electron chi connectivity index (χ1n) is 4.00. The van der Waals surface area contributed by atoms with Gasteiger partial charge in [0.2, 0.25) is 0 Å². The average molecular weight is 164 g/mol. The number of rotatable bonds is 2. The van der Waals surface area contributed by atoms with E-state index >= 15 is 0 Å². The number of hydrogen-bond donors (Lipinski definition) is 1. The predicted octanol–water partition coefficient (Wildman–Crippen LogP) is 0.547. The summed E-state index contributed by atoms with van der Waals surface area (Å²) in [5, 5.41) is 3.16. The zero-order valence-electron chi connectivity index (χ0n) is 6.52. The SMILES string of the molecule is FC(F)CN1CCCNCC1. The summed E-state index contributed by atoms with van der Waals surface area (Å²) in [5.41, 5.74) is 0. The van der Waals surface area contributed by atoms with Crippen molar-refractivity contribution in [3.05, 3.63) is 0 Å². The summed E-state index contributed by atoms with van der Waals surface area (Å²) < 4.78 is 23.8. The highest BCUT2D eigenvalue weighted by Gasteiger charge is 2.12. The van der Waals surface area contributed by atoms with E-state index in [1.54, 1.807) is 0 Å². The van der Waals surface area contributed by atoms with Crippen molar-refractivity contribution in [3.63, 3.8) is 0 Å². The van der Waals surface area contributed by atoms with Crippen LogP contribution in [0.15, 0.2) is 0 Å². The summed E-state index contributed by atoms with van der Waals surface area (Å²) in [6.07, 6.45) is -1.21. The van der Waals surface area contributed by atoms with Gasteiger partial charge in [-0.05, 0) is 19.5 Å². The molecule has 0 bridgehead atoms. The minimum Gasteiger partial charge on any atom is -0.315 e. The topological polar surface area (TPSA) is 15.3 Å². The van der Waals surface area contributed by atoms with Crippen LogP contribution in [-0.2, 0) is 0 Å². The molecule has 0 amide bonds. The van der Waals surface area contributed by atoms with Crippen LogP contribution in [0.25, 0.3) is 0 Å². The lowest BCUT2D eigenvalue weighted by molar-refractivity contribution is 0.0915. The Morgan fingerprint density at radius 1 is 1.27 bits per heavy atom. The van der Waals surface area contributed by atoms with E-state index in [1.165, 1.54) is 0 Å². The number of halogens is 2. The molecule has 0 radical (unpaired) electrons. The molecular formula is C7H14F2N2. The quantitative estimate of drug-likeness (QED) is 0.641. The molecule has 0 atom stereocenters. The van der Waals surface area contributed by atoms with Crippen molar-refractivity contribution in [2.45, 2.75) is 12.8 Å². The third kappa shape index (κ3) is 3.62. The van der Waals surface area contributed by atoms with E-state index in [2.05, 4.69) is 5.32 Å². The summed E-state index contributed by atoms with van der Waals surface area (Å²) in [6.45, 7) is 3.29. The molecule has 4 heteroatoms. The molecule has 0 aromatic carbocycles. The molecule has 1 N–H and O–H groups in total. The van der Waals surface area contributed by atoms with E-state index in [0.717, 1.165) is 32.6 Å². The minimum absolute atomic E-state index is 0.0678. The highest BCUT2D eigenvalue weighted by Crippen LogP contribution is 2.00. The van der Waals surface area contributed by atoms with Crippen LogP contribution in [0.4, 0.5) is 8.78 Å². The molecule has 1 aliphatic heterocycles. The lowest BCUT2D eigenvalue weighted by Crippen LogP contribution is -2.32. The first kappa shape index (κ1) is 8.87. The largest absolute Gasteiger partial charge is 0.315 e. The van der Waals surface area contributed by atoms with Crippen molar-refractivity contribution in [2.24, 2.45) is 0 Å². The number of hydrogen-bond acceptors (Lipinski definition) is 2. The maximum atomic E-state index is 11.9. The van der Waals surface area contributed by atoms with Crippen LogP contribution in [-0.4, -0.2) is 44.0 Å². The van der Waals surface area contributed by atoms with Gasteiger partial charge in [0.1, 0.15) is 0 Å². The fraction of sp³-hybridized carbons (Fsp3) is 1.00. The molecule has 11 heavy (non-hydrogen) atoms. The van der Waals surface area contributed by atoms with E-state index in [4.69, 9.17) is 0 Å². The molecule has 0 aromatic heterocycles. The van der Waals surface area contributed by atoms with Gasteiger partial charge >= 0.3 is 0 Å². The summed E-state index contributed by atoms with van der Waals surface area (Å²) in [6, 6.07) is 0. The van der Waals surface area contributed by atoms with E-state index in [9.17, 15) is 8.78 Å². The highest BCUT2D eigenvalue weighted by atomic mass is 19.3. The van der Waals surface area contributed by atoms with E-state index in [-0.39, 0.29) is 6.54 Å². The van der Waals surface area contributed by atoms with Gasteiger partial charge in [0.15, 0.2) is 0 Å². The Kier molecular flexibility index (Phi) is 3.72. The van der Waals surface area contributed by atoms with Gasteiger partial charge in [-0.1, -0.05) is 0 Å². The van der Waals surface area contributed by atoms with Crippen LogP contribution >= 0.6 is 0 Å². The van der Waals surface area contributed by atoms with Gasteiger partial charge in [-0.3, -0.25) is 4.90 Å². The fourth-order valence-corrected chi connectivity index (χ4v) is 1.28. The minimum atomic E-state index is -2.19. The summed E-state index contributed by atoms with van der Waals surface area (Å²) in [5.74, 6) is 0. The second kappa shape index (κ2) is 4.62. The van der Waals surface area contributed by atoms with Crippen LogP contribution in [0.2, 0.25) is 0 Å². The van der Waals surface area contributed by atoms with Gasteiger partial charge < -0.3 is 5.32 Å². The van der Waals surface area contributed by atoms with E-state index in [1.807, 2.05) is 4.90 Å². The molecule has 0 saturated carbocycles. The normalized spacial score (nSPS) is 22.1. The zero-order chi connectivity index (χ0) is 8.10. The molecule has 0 unspecified atom stereocenters. The zero-order valence-corrected chi connectivity index (χ0v) is 6.52. The molecule has 1 rings (SSSR count).